The number of hydrogen-bond donors (Lipinski definition) is 0. The molecule has 1 fully saturated rings. The van der Waals surface area contributed by atoms with Crippen molar-refractivity contribution in [1.82, 2.24) is 9.21 Å². The predicted octanol–water partition coefficient (Wildman–Crippen LogP) is 1.84. The lowest BCUT2D eigenvalue weighted by Gasteiger charge is -2.34. The Balaban J connectivity index is 2.28. The maximum atomic E-state index is 12.8. The molecule has 0 saturated carbocycles. The van der Waals surface area contributed by atoms with E-state index in [1.54, 1.807) is 0 Å². The molecule has 0 aromatic heterocycles. The first-order valence-corrected chi connectivity index (χ1v) is 9.13. The zero-order valence-corrected chi connectivity index (χ0v) is 15.0. The number of carbonyl (C=O) groups excluding carboxylic acids is 1. The zero-order chi connectivity index (χ0) is 17.2. The van der Waals surface area contributed by atoms with Gasteiger partial charge >= 0.3 is 5.97 Å². The van der Waals surface area contributed by atoms with E-state index in [1.807, 2.05) is 14.1 Å². The van der Waals surface area contributed by atoms with Gasteiger partial charge in [-0.1, -0.05) is 11.6 Å². The van der Waals surface area contributed by atoms with Crippen LogP contribution in [-0.4, -0.2) is 63.9 Å². The molecule has 0 radical (unpaired) electrons. The molecule has 0 atom stereocenters. The number of esters is 1. The predicted molar refractivity (Wildman–Crippen MR) is 88.3 cm³/mol. The van der Waals surface area contributed by atoms with Crippen LogP contribution in [0.3, 0.4) is 0 Å². The molecule has 0 unspecified atom stereocenters. The van der Waals surface area contributed by atoms with Gasteiger partial charge in [0.15, 0.2) is 0 Å². The minimum absolute atomic E-state index is 0.0506. The van der Waals surface area contributed by atoms with Gasteiger partial charge in [0.25, 0.3) is 0 Å². The van der Waals surface area contributed by atoms with E-state index >= 15 is 0 Å². The zero-order valence-electron chi connectivity index (χ0n) is 13.5. The van der Waals surface area contributed by atoms with Crippen LogP contribution in [0.15, 0.2) is 23.1 Å². The highest BCUT2D eigenvalue weighted by Crippen LogP contribution is 2.28. The fraction of sp³-hybridized carbons (Fsp3) is 0.533. The van der Waals surface area contributed by atoms with Gasteiger partial charge in [-0.2, -0.15) is 4.31 Å². The first-order chi connectivity index (χ1) is 10.8. The van der Waals surface area contributed by atoms with Gasteiger partial charge in [-0.05, 0) is 45.1 Å². The molecule has 0 N–H and O–H groups in total. The van der Waals surface area contributed by atoms with Crippen LogP contribution in [0, 0.1) is 0 Å². The second kappa shape index (κ2) is 7.17. The van der Waals surface area contributed by atoms with E-state index in [1.165, 1.54) is 29.6 Å². The van der Waals surface area contributed by atoms with Crippen molar-refractivity contribution in [1.29, 1.82) is 0 Å². The molecule has 1 aromatic carbocycles. The van der Waals surface area contributed by atoms with Crippen LogP contribution in [0.4, 0.5) is 0 Å². The summed E-state index contributed by atoms with van der Waals surface area (Å²) in [4.78, 5) is 13.7. The molecule has 6 nitrogen and oxygen atoms in total. The number of piperidine rings is 1. The molecular formula is C15H21ClN2O4S. The fourth-order valence-electron chi connectivity index (χ4n) is 2.68. The van der Waals surface area contributed by atoms with Crippen LogP contribution in [0.1, 0.15) is 23.2 Å². The number of rotatable bonds is 4. The van der Waals surface area contributed by atoms with Crippen molar-refractivity contribution in [3.63, 3.8) is 0 Å². The Kier molecular flexibility index (Phi) is 5.67. The van der Waals surface area contributed by atoms with Crippen molar-refractivity contribution in [2.45, 2.75) is 23.8 Å². The summed E-state index contributed by atoms with van der Waals surface area (Å²) in [6.07, 6.45) is 1.53. The van der Waals surface area contributed by atoms with Crippen molar-refractivity contribution in [2.24, 2.45) is 0 Å². The SMILES string of the molecule is COC(=O)c1ccc(Cl)c(S(=O)(=O)N2CCC(N(C)C)CC2)c1. The molecule has 0 aliphatic carbocycles. The highest BCUT2D eigenvalue weighted by Gasteiger charge is 2.32. The maximum Gasteiger partial charge on any atom is 0.337 e. The Morgan fingerprint density at radius 2 is 1.91 bits per heavy atom. The number of sulfonamides is 1. The monoisotopic (exact) mass is 360 g/mol. The fourth-order valence-corrected chi connectivity index (χ4v) is 4.65. The van der Waals surface area contributed by atoms with Crippen LogP contribution in [0.25, 0.3) is 0 Å². The molecule has 0 spiro atoms. The summed E-state index contributed by atoms with van der Waals surface area (Å²) >= 11 is 6.06. The number of methoxy groups -OCH3 is 1. The number of benzene rings is 1. The quantitative estimate of drug-likeness (QED) is 0.766. The van der Waals surface area contributed by atoms with E-state index in [4.69, 9.17) is 11.6 Å². The topological polar surface area (TPSA) is 66.9 Å². The van der Waals surface area contributed by atoms with Gasteiger partial charge < -0.3 is 9.64 Å². The summed E-state index contributed by atoms with van der Waals surface area (Å²) in [5, 5.41) is 0.104. The van der Waals surface area contributed by atoms with Gasteiger partial charge in [0.05, 0.1) is 17.7 Å². The van der Waals surface area contributed by atoms with Crippen LogP contribution < -0.4 is 0 Å². The van der Waals surface area contributed by atoms with Crippen LogP contribution >= 0.6 is 11.6 Å². The van der Waals surface area contributed by atoms with E-state index in [9.17, 15) is 13.2 Å². The van der Waals surface area contributed by atoms with E-state index in [2.05, 4.69) is 9.64 Å². The number of ether oxygens (including phenoxy) is 1. The number of nitrogens with zero attached hydrogens (tertiary/aromatic N) is 2. The largest absolute Gasteiger partial charge is 0.465 e. The summed E-state index contributed by atoms with van der Waals surface area (Å²) in [6.45, 7) is 0.869. The van der Waals surface area contributed by atoms with Gasteiger partial charge in [-0.15, -0.1) is 0 Å². The van der Waals surface area contributed by atoms with Crippen molar-refractivity contribution in [3.05, 3.63) is 28.8 Å². The van der Waals surface area contributed by atoms with E-state index in [0.29, 0.717) is 19.1 Å². The number of halogens is 1. The number of carbonyl (C=O) groups is 1. The molecule has 128 valence electrons. The third-order valence-corrected chi connectivity index (χ3v) is 6.50. The van der Waals surface area contributed by atoms with E-state index in [0.717, 1.165) is 12.8 Å². The Labute approximate surface area is 142 Å². The van der Waals surface area contributed by atoms with Crippen molar-refractivity contribution >= 4 is 27.6 Å². The minimum Gasteiger partial charge on any atom is -0.465 e. The lowest BCUT2D eigenvalue weighted by Crippen LogP contribution is -2.44. The summed E-state index contributed by atoms with van der Waals surface area (Å²) in [6, 6.07) is 4.51. The molecule has 1 aliphatic rings. The van der Waals surface area contributed by atoms with Gasteiger partial charge in [-0.25, -0.2) is 13.2 Å². The molecule has 0 bridgehead atoms. The Hall–Kier alpha value is -1.15. The highest BCUT2D eigenvalue weighted by molar-refractivity contribution is 7.89. The lowest BCUT2D eigenvalue weighted by molar-refractivity contribution is 0.0600. The van der Waals surface area contributed by atoms with Gasteiger partial charge in [0, 0.05) is 19.1 Å². The standard InChI is InChI=1S/C15H21ClN2O4S/c1-17(2)12-6-8-18(9-7-12)23(20,21)14-10-11(15(19)22-3)4-5-13(14)16/h4-5,10,12H,6-9H2,1-3H3. The third-order valence-electron chi connectivity index (χ3n) is 4.12. The summed E-state index contributed by atoms with van der Waals surface area (Å²) in [5.74, 6) is -0.593. The normalized spacial score (nSPS) is 17.4. The Morgan fingerprint density at radius 3 is 2.43 bits per heavy atom. The minimum atomic E-state index is -3.73. The Morgan fingerprint density at radius 1 is 1.30 bits per heavy atom. The van der Waals surface area contributed by atoms with Crippen LogP contribution in [-0.2, 0) is 14.8 Å². The number of hydrogen-bond acceptors (Lipinski definition) is 5. The summed E-state index contributed by atoms with van der Waals surface area (Å²) in [7, 11) is 1.50. The average Bonchev–Trinajstić information content (AvgIpc) is 2.54. The second-order valence-corrected chi connectivity index (χ2v) is 8.05. The molecule has 1 aliphatic heterocycles. The summed E-state index contributed by atoms with van der Waals surface area (Å²) < 4.78 is 31.7. The molecule has 23 heavy (non-hydrogen) atoms. The van der Waals surface area contributed by atoms with Gasteiger partial charge in [-0.3, -0.25) is 0 Å². The average molecular weight is 361 g/mol. The highest BCUT2D eigenvalue weighted by atomic mass is 35.5. The lowest BCUT2D eigenvalue weighted by atomic mass is 10.1. The molecule has 8 heteroatoms. The second-order valence-electron chi connectivity index (χ2n) is 5.74. The Bertz CT molecular complexity index is 683. The first kappa shape index (κ1) is 18.2. The van der Waals surface area contributed by atoms with Crippen LogP contribution in [0.2, 0.25) is 5.02 Å². The van der Waals surface area contributed by atoms with Gasteiger partial charge in [0.1, 0.15) is 4.90 Å². The van der Waals surface area contributed by atoms with Crippen molar-refractivity contribution < 1.29 is 17.9 Å². The third kappa shape index (κ3) is 3.85. The molecule has 2 rings (SSSR count). The molecule has 0 amide bonds. The van der Waals surface area contributed by atoms with Crippen molar-refractivity contribution in [2.75, 3.05) is 34.3 Å². The van der Waals surface area contributed by atoms with Crippen molar-refractivity contribution in [3.8, 4) is 0 Å². The van der Waals surface area contributed by atoms with E-state index < -0.39 is 16.0 Å². The smallest absolute Gasteiger partial charge is 0.337 e. The molecule has 1 aromatic rings. The first-order valence-electron chi connectivity index (χ1n) is 7.32. The summed E-state index contributed by atoms with van der Waals surface area (Å²) in [5.41, 5.74) is 0.165. The van der Waals surface area contributed by atoms with E-state index in [-0.39, 0.29) is 15.5 Å². The molecule has 1 saturated heterocycles. The molecular weight excluding hydrogens is 340 g/mol. The van der Waals surface area contributed by atoms with Crippen LogP contribution in [0.5, 0.6) is 0 Å². The van der Waals surface area contributed by atoms with Gasteiger partial charge in [0.2, 0.25) is 10.0 Å². The molecule has 1 heterocycles. The maximum absolute atomic E-state index is 12.8.